The van der Waals surface area contributed by atoms with Gasteiger partial charge in [0.15, 0.2) is 11.5 Å². The molecule has 0 spiro atoms. The van der Waals surface area contributed by atoms with Crippen LogP contribution in [0, 0.1) is 0 Å². The number of hydrogen-bond donors (Lipinski definition) is 1. The molecule has 1 aliphatic rings. The van der Waals surface area contributed by atoms with E-state index < -0.39 is 0 Å². The lowest BCUT2D eigenvalue weighted by molar-refractivity contribution is 0.134. The third-order valence-corrected chi connectivity index (χ3v) is 3.98. The van der Waals surface area contributed by atoms with E-state index in [-0.39, 0.29) is 0 Å². The second-order valence-corrected chi connectivity index (χ2v) is 5.23. The van der Waals surface area contributed by atoms with Gasteiger partial charge in [-0.05, 0) is 38.8 Å². The topological polar surface area (TPSA) is 32.7 Å². The van der Waals surface area contributed by atoms with Gasteiger partial charge >= 0.3 is 0 Å². The Balaban J connectivity index is 2.11. The first-order valence-corrected chi connectivity index (χ1v) is 7.44. The number of aromatic hydroxyl groups is 1. The van der Waals surface area contributed by atoms with Crippen molar-refractivity contribution in [3.63, 3.8) is 0 Å². The van der Waals surface area contributed by atoms with Crippen molar-refractivity contribution in [2.45, 2.75) is 52.1 Å². The molecule has 1 saturated heterocycles. The van der Waals surface area contributed by atoms with Gasteiger partial charge in [-0.25, -0.2) is 0 Å². The Morgan fingerprint density at radius 3 is 2.89 bits per heavy atom. The van der Waals surface area contributed by atoms with Crippen molar-refractivity contribution in [2.75, 3.05) is 13.2 Å². The quantitative estimate of drug-likeness (QED) is 0.881. The number of para-hydroxylation sites is 1. The summed E-state index contributed by atoms with van der Waals surface area (Å²) in [5.74, 6) is 0.912. The molecule has 0 aromatic heterocycles. The fraction of sp³-hybridized carbons (Fsp3) is 0.625. The van der Waals surface area contributed by atoms with Crippen LogP contribution in [-0.4, -0.2) is 29.2 Å². The molecule has 3 nitrogen and oxygen atoms in total. The van der Waals surface area contributed by atoms with Crippen molar-refractivity contribution in [1.82, 2.24) is 4.90 Å². The molecule has 0 radical (unpaired) electrons. The van der Waals surface area contributed by atoms with Gasteiger partial charge in [-0.15, -0.1) is 0 Å². The lowest BCUT2D eigenvalue weighted by atomic mass is 9.99. The molecule has 1 aromatic rings. The minimum Gasteiger partial charge on any atom is -0.504 e. The number of ether oxygens (including phenoxy) is 1. The van der Waals surface area contributed by atoms with E-state index in [0.717, 1.165) is 18.7 Å². The molecule has 1 fully saturated rings. The maximum Gasteiger partial charge on any atom is 0.162 e. The Hall–Kier alpha value is -1.22. The fourth-order valence-corrected chi connectivity index (χ4v) is 2.92. The highest BCUT2D eigenvalue weighted by atomic mass is 16.5. The van der Waals surface area contributed by atoms with Crippen LogP contribution >= 0.6 is 0 Å². The van der Waals surface area contributed by atoms with Gasteiger partial charge in [-0.1, -0.05) is 25.5 Å². The maximum absolute atomic E-state index is 10.3. The first-order chi connectivity index (χ1) is 9.26. The lowest BCUT2D eigenvalue weighted by Gasteiger charge is -2.35. The average Bonchev–Trinajstić information content (AvgIpc) is 2.44. The minimum atomic E-state index is 0.310. The van der Waals surface area contributed by atoms with E-state index in [1.807, 2.05) is 25.1 Å². The second-order valence-electron chi connectivity index (χ2n) is 5.23. The van der Waals surface area contributed by atoms with Crippen LogP contribution in [-0.2, 0) is 6.54 Å². The zero-order valence-electron chi connectivity index (χ0n) is 12.1. The van der Waals surface area contributed by atoms with Crippen molar-refractivity contribution in [2.24, 2.45) is 0 Å². The van der Waals surface area contributed by atoms with Crippen LogP contribution < -0.4 is 4.74 Å². The molecule has 1 heterocycles. The number of piperidine rings is 1. The average molecular weight is 263 g/mol. The molecular formula is C16H25NO2. The first-order valence-electron chi connectivity index (χ1n) is 7.44. The molecule has 0 amide bonds. The summed E-state index contributed by atoms with van der Waals surface area (Å²) in [7, 11) is 0. The van der Waals surface area contributed by atoms with Crippen molar-refractivity contribution < 1.29 is 9.84 Å². The number of likely N-dealkylation sites (tertiary alicyclic amines) is 1. The van der Waals surface area contributed by atoms with E-state index in [2.05, 4.69) is 11.8 Å². The van der Waals surface area contributed by atoms with Crippen molar-refractivity contribution in [3.8, 4) is 11.5 Å². The van der Waals surface area contributed by atoms with Crippen LogP contribution in [0.3, 0.4) is 0 Å². The van der Waals surface area contributed by atoms with Gasteiger partial charge in [0.25, 0.3) is 0 Å². The highest BCUT2D eigenvalue weighted by Crippen LogP contribution is 2.32. The molecule has 1 aromatic carbocycles. The third kappa shape index (κ3) is 3.41. The van der Waals surface area contributed by atoms with E-state index in [4.69, 9.17) is 4.74 Å². The standard InChI is InChI=1S/C16H25NO2/c1-3-14-9-5-6-11-17(14)12-13-8-7-10-15(16(13)18)19-4-2/h7-8,10,14,18H,3-6,9,11-12H2,1-2H3. The molecule has 1 atom stereocenters. The highest BCUT2D eigenvalue weighted by molar-refractivity contribution is 5.45. The van der Waals surface area contributed by atoms with E-state index in [9.17, 15) is 5.11 Å². The molecule has 0 saturated carbocycles. The normalized spacial score (nSPS) is 20.4. The van der Waals surface area contributed by atoms with Crippen LogP contribution in [0.1, 0.15) is 45.1 Å². The van der Waals surface area contributed by atoms with Crippen LogP contribution in [0.2, 0.25) is 0 Å². The smallest absolute Gasteiger partial charge is 0.162 e. The summed E-state index contributed by atoms with van der Waals surface area (Å²) in [5, 5.41) is 10.3. The van der Waals surface area contributed by atoms with Crippen LogP contribution in [0.5, 0.6) is 11.5 Å². The molecule has 1 unspecified atom stereocenters. The predicted molar refractivity (Wildman–Crippen MR) is 77.6 cm³/mol. The maximum atomic E-state index is 10.3. The Morgan fingerprint density at radius 1 is 1.32 bits per heavy atom. The second kappa shape index (κ2) is 6.80. The Bertz CT molecular complexity index is 406. The van der Waals surface area contributed by atoms with Gasteiger partial charge < -0.3 is 9.84 Å². The van der Waals surface area contributed by atoms with Gasteiger partial charge in [0.05, 0.1) is 6.61 Å². The van der Waals surface area contributed by atoms with E-state index in [0.29, 0.717) is 24.1 Å². The van der Waals surface area contributed by atoms with E-state index >= 15 is 0 Å². The molecule has 0 aliphatic carbocycles. The van der Waals surface area contributed by atoms with Crippen molar-refractivity contribution >= 4 is 0 Å². The summed E-state index contributed by atoms with van der Waals surface area (Å²) in [5.41, 5.74) is 0.978. The molecular weight excluding hydrogens is 238 g/mol. The SMILES string of the molecule is CCOc1cccc(CN2CCCCC2CC)c1O. The Morgan fingerprint density at radius 2 is 2.16 bits per heavy atom. The fourth-order valence-electron chi connectivity index (χ4n) is 2.92. The summed E-state index contributed by atoms with van der Waals surface area (Å²) >= 11 is 0. The molecule has 3 heteroatoms. The van der Waals surface area contributed by atoms with E-state index in [1.165, 1.54) is 25.7 Å². The van der Waals surface area contributed by atoms with Gasteiger partial charge in [0.1, 0.15) is 0 Å². The highest BCUT2D eigenvalue weighted by Gasteiger charge is 2.22. The zero-order valence-corrected chi connectivity index (χ0v) is 12.1. The summed E-state index contributed by atoms with van der Waals surface area (Å²) in [6, 6.07) is 6.45. The Labute approximate surface area is 116 Å². The van der Waals surface area contributed by atoms with Gasteiger partial charge in [-0.3, -0.25) is 4.90 Å². The van der Waals surface area contributed by atoms with Crippen LogP contribution in [0.15, 0.2) is 18.2 Å². The molecule has 1 aliphatic heterocycles. The number of phenolic OH excluding ortho intramolecular Hbond substituents is 1. The number of phenols is 1. The molecule has 0 bridgehead atoms. The van der Waals surface area contributed by atoms with E-state index in [1.54, 1.807) is 0 Å². The van der Waals surface area contributed by atoms with Crippen LogP contribution in [0.4, 0.5) is 0 Å². The summed E-state index contributed by atoms with van der Waals surface area (Å²) in [4.78, 5) is 2.49. The van der Waals surface area contributed by atoms with Crippen molar-refractivity contribution in [3.05, 3.63) is 23.8 Å². The Kier molecular flexibility index (Phi) is 5.08. The number of hydrogen-bond acceptors (Lipinski definition) is 3. The molecule has 2 rings (SSSR count). The zero-order chi connectivity index (χ0) is 13.7. The van der Waals surface area contributed by atoms with Crippen molar-refractivity contribution in [1.29, 1.82) is 0 Å². The summed E-state index contributed by atoms with van der Waals surface area (Å²) < 4.78 is 5.45. The largest absolute Gasteiger partial charge is 0.504 e. The summed E-state index contributed by atoms with van der Waals surface area (Å²) in [6.07, 6.45) is 5.07. The van der Waals surface area contributed by atoms with Gasteiger partial charge in [0.2, 0.25) is 0 Å². The monoisotopic (exact) mass is 263 g/mol. The molecule has 106 valence electrons. The van der Waals surface area contributed by atoms with Gasteiger partial charge in [-0.2, -0.15) is 0 Å². The number of nitrogens with zero attached hydrogens (tertiary/aromatic N) is 1. The predicted octanol–water partition coefficient (Wildman–Crippen LogP) is 3.56. The van der Waals surface area contributed by atoms with Crippen LogP contribution in [0.25, 0.3) is 0 Å². The summed E-state index contributed by atoms with van der Waals surface area (Å²) in [6.45, 7) is 6.73. The first kappa shape index (κ1) is 14.2. The minimum absolute atomic E-state index is 0.310. The third-order valence-electron chi connectivity index (χ3n) is 3.98. The number of benzene rings is 1. The molecule has 1 N–H and O–H groups in total. The lowest BCUT2D eigenvalue weighted by Crippen LogP contribution is -2.38. The number of rotatable bonds is 5. The van der Waals surface area contributed by atoms with Gasteiger partial charge in [0, 0.05) is 18.2 Å². The molecule has 19 heavy (non-hydrogen) atoms.